The van der Waals surface area contributed by atoms with Gasteiger partial charge in [0, 0.05) is 5.56 Å². The van der Waals surface area contributed by atoms with E-state index in [1.807, 2.05) is 72.8 Å². The lowest BCUT2D eigenvalue weighted by atomic mass is 9.89. The maximum atomic E-state index is 7.18. The molecule has 1 aliphatic rings. The zero-order chi connectivity index (χ0) is 37.0. The van der Waals surface area contributed by atoms with Crippen molar-refractivity contribution in [3.05, 3.63) is 161 Å². The van der Waals surface area contributed by atoms with Gasteiger partial charge >= 0.3 is 0 Å². The standard InChI is InChI=1S/C45H52O7Si/c1-46-38-27-41(53(3,4)5)39(47-2)26-37(38)42-44(50-30-35-22-14-8-15-23-35)45(51-31-36-24-16-9-17-25-36)43(49-29-34-20-12-7-13-21-34)40(52-42)32-48-28-33-18-10-6-11-19-33/h6-27,40,42-45H,28-32H2,1-5H3/t40-,42+,43-,44+,45+/m1/s1. The lowest BCUT2D eigenvalue weighted by Crippen LogP contribution is -2.58. The van der Waals surface area contributed by atoms with Gasteiger partial charge in [-0.2, -0.15) is 0 Å². The van der Waals surface area contributed by atoms with Crippen molar-refractivity contribution < 1.29 is 33.2 Å². The van der Waals surface area contributed by atoms with Crippen molar-refractivity contribution in [1.29, 1.82) is 0 Å². The van der Waals surface area contributed by atoms with Crippen LogP contribution in [0, 0.1) is 0 Å². The molecule has 0 bridgehead atoms. The van der Waals surface area contributed by atoms with Crippen LogP contribution >= 0.6 is 0 Å². The average Bonchev–Trinajstić information content (AvgIpc) is 3.19. The Kier molecular flexibility index (Phi) is 13.5. The van der Waals surface area contributed by atoms with E-state index in [4.69, 9.17) is 33.2 Å². The van der Waals surface area contributed by atoms with Gasteiger partial charge in [-0.25, -0.2) is 0 Å². The second kappa shape index (κ2) is 18.7. The fraction of sp³-hybridized carbons (Fsp3) is 0.333. The van der Waals surface area contributed by atoms with Gasteiger partial charge in [-0.3, -0.25) is 0 Å². The Balaban J connectivity index is 1.44. The molecule has 0 unspecified atom stereocenters. The third-order valence-electron chi connectivity index (χ3n) is 9.55. The van der Waals surface area contributed by atoms with Gasteiger partial charge in [0.15, 0.2) is 0 Å². The summed E-state index contributed by atoms with van der Waals surface area (Å²) in [4.78, 5) is 0. The van der Waals surface area contributed by atoms with Gasteiger partial charge in [0.05, 0.1) is 55.3 Å². The molecule has 1 fully saturated rings. The fourth-order valence-corrected chi connectivity index (χ4v) is 8.25. The van der Waals surface area contributed by atoms with Crippen molar-refractivity contribution in [2.75, 3.05) is 20.8 Å². The molecule has 7 nitrogen and oxygen atoms in total. The van der Waals surface area contributed by atoms with Gasteiger partial charge in [0.1, 0.15) is 42.0 Å². The molecule has 0 aliphatic carbocycles. The molecule has 0 radical (unpaired) electrons. The van der Waals surface area contributed by atoms with E-state index in [-0.39, 0.29) is 6.61 Å². The number of rotatable bonds is 17. The first-order chi connectivity index (χ1) is 25.8. The number of methoxy groups -OCH3 is 2. The number of ether oxygens (including phenoxy) is 7. The number of hydrogen-bond donors (Lipinski definition) is 0. The minimum Gasteiger partial charge on any atom is -0.497 e. The van der Waals surface area contributed by atoms with E-state index >= 15 is 0 Å². The highest BCUT2D eigenvalue weighted by molar-refractivity contribution is 6.89. The summed E-state index contributed by atoms with van der Waals surface area (Å²) in [6.45, 7) is 8.69. The zero-order valence-corrected chi connectivity index (χ0v) is 32.5. The number of hydrogen-bond acceptors (Lipinski definition) is 7. The summed E-state index contributed by atoms with van der Waals surface area (Å²) in [6.07, 6.45) is -2.82. The monoisotopic (exact) mass is 732 g/mol. The van der Waals surface area contributed by atoms with Crippen LogP contribution in [0.15, 0.2) is 133 Å². The third-order valence-corrected chi connectivity index (χ3v) is 11.6. The molecule has 5 aromatic carbocycles. The lowest BCUT2D eigenvalue weighted by Gasteiger charge is -2.46. The minimum atomic E-state index is -1.82. The first-order valence-electron chi connectivity index (χ1n) is 18.3. The Morgan fingerprint density at radius 1 is 0.509 bits per heavy atom. The largest absolute Gasteiger partial charge is 0.497 e. The van der Waals surface area contributed by atoms with Crippen molar-refractivity contribution >= 4 is 13.3 Å². The summed E-state index contributed by atoms with van der Waals surface area (Å²) in [6, 6.07) is 44.9. The molecule has 0 N–H and O–H groups in total. The SMILES string of the molecule is COc1cc([Si](C)(C)C)c(OC)cc1[C@@H]1O[C@H](COCc2ccccc2)[C@@H](OCc2ccccc2)[C@H](OCc2ccccc2)[C@H]1OCc1ccccc1. The molecule has 1 heterocycles. The second-order valence-electron chi connectivity index (χ2n) is 14.4. The summed E-state index contributed by atoms with van der Waals surface area (Å²) in [5.74, 6) is 1.53. The Morgan fingerprint density at radius 3 is 1.40 bits per heavy atom. The molecule has 5 aromatic rings. The van der Waals surface area contributed by atoms with Gasteiger partial charge in [0.2, 0.25) is 0 Å². The van der Waals surface area contributed by atoms with E-state index in [9.17, 15) is 0 Å². The maximum Gasteiger partial charge on any atom is 0.124 e. The number of benzene rings is 5. The van der Waals surface area contributed by atoms with Gasteiger partial charge < -0.3 is 33.2 Å². The fourth-order valence-electron chi connectivity index (χ4n) is 6.77. The maximum absolute atomic E-state index is 7.18. The summed E-state index contributed by atoms with van der Waals surface area (Å²) in [5, 5.41) is 1.17. The van der Waals surface area contributed by atoms with E-state index in [2.05, 4.69) is 80.3 Å². The van der Waals surface area contributed by atoms with Crippen LogP contribution in [0.2, 0.25) is 19.6 Å². The van der Waals surface area contributed by atoms with Gasteiger partial charge in [-0.05, 0) is 39.6 Å². The van der Waals surface area contributed by atoms with Crippen LogP contribution in [0.1, 0.15) is 33.9 Å². The van der Waals surface area contributed by atoms with Crippen LogP contribution in [-0.4, -0.2) is 53.3 Å². The molecule has 6 rings (SSSR count). The smallest absolute Gasteiger partial charge is 0.124 e. The van der Waals surface area contributed by atoms with Gasteiger partial charge in [-0.1, -0.05) is 141 Å². The minimum absolute atomic E-state index is 0.272. The molecule has 1 aliphatic heterocycles. The van der Waals surface area contributed by atoms with Crippen LogP contribution in [0.3, 0.4) is 0 Å². The highest BCUT2D eigenvalue weighted by Gasteiger charge is 2.50. The van der Waals surface area contributed by atoms with Gasteiger partial charge in [0.25, 0.3) is 0 Å². The topological polar surface area (TPSA) is 64.6 Å². The van der Waals surface area contributed by atoms with Crippen LogP contribution in [0.4, 0.5) is 0 Å². The van der Waals surface area contributed by atoms with Crippen molar-refractivity contribution in [1.82, 2.24) is 0 Å². The Hall–Kier alpha value is -4.28. The first kappa shape index (κ1) is 38.4. The molecular weight excluding hydrogens is 681 g/mol. The van der Waals surface area contributed by atoms with Gasteiger partial charge in [-0.15, -0.1) is 0 Å². The summed E-state index contributed by atoms with van der Waals surface area (Å²) in [7, 11) is 1.61. The molecule has 8 heteroatoms. The molecule has 0 saturated carbocycles. The highest BCUT2D eigenvalue weighted by Crippen LogP contribution is 2.43. The van der Waals surface area contributed by atoms with E-state index in [0.717, 1.165) is 39.3 Å². The molecule has 0 spiro atoms. The van der Waals surface area contributed by atoms with Crippen molar-refractivity contribution in [3.8, 4) is 11.5 Å². The summed E-state index contributed by atoms with van der Waals surface area (Å²) < 4.78 is 46.6. The summed E-state index contributed by atoms with van der Waals surface area (Å²) >= 11 is 0. The van der Waals surface area contributed by atoms with Crippen molar-refractivity contribution in [2.45, 2.75) is 76.6 Å². The third kappa shape index (κ3) is 10.2. The molecule has 0 amide bonds. The highest BCUT2D eigenvalue weighted by atomic mass is 28.3. The van der Waals surface area contributed by atoms with Crippen LogP contribution in [0.5, 0.6) is 11.5 Å². The van der Waals surface area contributed by atoms with Crippen molar-refractivity contribution in [3.63, 3.8) is 0 Å². The normalized spacial score (nSPS) is 20.2. The molecule has 1 saturated heterocycles. The second-order valence-corrected chi connectivity index (χ2v) is 19.5. The lowest BCUT2D eigenvalue weighted by molar-refractivity contribution is -0.275. The molecule has 53 heavy (non-hydrogen) atoms. The van der Waals surface area contributed by atoms with E-state index in [0.29, 0.717) is 26.4 Å². The Labute approximate surface area is 315 Å². The van der Waals surface area contributed by atoms with Crippen LogP contribution < -0.4 is 14.7 Å². The van der Waals surface area contributed by atoms with E-state index < -0.39 is 38.6 Å². The summed E-state index contributed by atoms with van der Waals surface area (Å²) in [5.41, 5.74) is 5.05. The van der Waals surface area contributed by atoms with E-state index in [1.165, 1.54) is 5.19 Å². The molecule has 0 aromatic heterocycles. The Bertz CT molecular complexity index is 1820. The quantitative estimate of drug-likeness (QED) is 0.0888. The molecule has 5 atom stereocenters. The van der Waals surface area contributed by atoms with Crippen LogP contribution in [-0.2, 0) is 50.1 Å². The predicted molar refractivity (Wildman–Crippen MR) is 211 cm³/mol. The van der Waals surface area contributed by atoms with E-state index in [1.54, 1.807) is 14.2 Å². The van der Waals surface area contributed by atoms with Crippen molar-refractivity contribution in [2.24, 2.45) is 0 Å². The van der Waals surface area contributed by atoms with Crippen LogP contribution in [0.25, 0.3) is 0 Å². The predicted octanol–water partition coefficient (Wildman–Crippen LogP) is 8.66. The zero-order valence-electron chi connectivity index (χ0n) is 31.5. The molecule has 278 valence electrons. The molecular formula is C45H52O7Si. The first-order valence-corrected chi connectivity index (χ1v) is 21.8. The Morgan fingerprint density at radius 2 is 0.943 bits per heavy atom. The average molecular weight is 733 g/mol.